The molecule has 30 heteroatoms. The van der Waals surface area contributed by atoms with Gasteiger partial charge in [-0.3, -0.25) is 57.5 Å². The van der Waals surface area contributed by atoms with Crippen molar-refractivity contribution in [2.75, 3.05) is 39.3 Å². The SMILES string of the molecule is CCCC(=O)CC(=O)N[C@@H](CCN)C(=O)N[C@H](C(=O)N[C@@H](CCN)C(=O)N[C@H]1CCNC(=O)[C@H]([C@@H](C)O)NC(=O)[C@H](CCN)NC(=O)[C@H](CCN)NC(=O)[C@H](CC(C)C)NC(=O)[C@@H](Cc2ccccc2)NC(=O)[C@H](CCN)NC1=O)[C@@H](C)O. The molecule has 0 aliphatic carbocycles. The van der Waals surface area contributed by atoms with E-state index in [-0.39, 0.29) is 95.8 Å². The van der Waals surface area contributed by atoms with Gasteiger partial charge in [-0.1, -0.05) is 51.1 Å². The van der Waals surface area contributed by atoms with Crippen molar-refractivity contribution in [3.8, 4) is 0 Å². The number of nitrogens with one attached hydrogen (secondary N) is 11. The Morgan fingerprint density at radius 3 is 1.55 bits per heavy atom. The van der Waals surface area contributed by atoms with Crippen LogP contribution in [0.5, 0.6) is 0 Å². The number of Topliss-reactive ketones (excluding diaryl/α,β-unsaturated/α-hetero) is 1. The van der Waals surface area contributed by atoms with Crippen LogP contribution in [-0.4, -0.2) is 193 Å². The highest BCUT2D eigenvalue weighted by Crippen LogP contribution is 2.12. The zero-order valence-corrected chi connectivity index (χ0v) is 48.1. The van der Waals surface area contributed by atoms with Gasteiger partial charge in [0.1, 0.15) is 66.2 Å². The van der Waals surface area contributed by atoms with E-state index >= 15 is 0 Å². The van der Waals surface area contributed by atoms with E-state index in [0.717, 1.165) is 6.92 Å². The molecular weight excluding hydrogens is 1080 g/mol. The maximum absolute atomic E-state index is 14.5. The average molecular weight is 1180 g/mol. The molecule has 23 N–H and O–H groups in total. The van der Waals surface area contributed by atoms with Crippen LogP contribution < -0.4 is 87.2 Å². The van der Waals surface area contributed by atoms with Crippen LogP contribution in [0.25, 0.3) is 0 Å². The van der Waals surface area contributed by atoms with Crippen LogP contribution in [0.1, 0.15) is 104 Å². The van der Waals surface area contributed by atoms with Crippen molar-refractivity contribution in [1.82, 2.24) is 58.5 Å². The van der Waals surface area contributed by atoms with Crippen LogP contribution in [-0.2, 0) is 64.0 Å². The number of carbonyl (C=O) groups excluding carboxylic acids is 12. The van der Waals surface area contributed by atoms with Gasteiger partial charge >= 0.3 is 0 Å². The highest BCUT2D eigenvalue weighted by Gasteiger charge is 2.37. The van der Waals surface area contributed by atoms with Gasteiger partial charge in [0.2, 0.25) is 65.0 Å². The molecule has 0 unspecified atom stereocenters. The Morgan fingerprint density at radius 2 is 1.06 bits per heavy atom. The second kappa shape index (κ2) is 37.8. The van der Waals surface area contributed by atoms with Gasteiger partial charge in [-0.25, -0.2) is 0 Å². The van der Waals surface area contributed by atoms with E-state index in [2.05, 4.69) is 58.5 Å². The maximum Gasteiger partial charge on any atom is 0.245 e. The number of rotatable bonds is 27. The highest BCUT2D eigenvalue weighted by molar-refractivity contribution is 6.01. The smallest absolute Gasteiger partial charge is 0.245 e. The largest absolute Gasteiger partial charge is 0.391 e. The van der Waals surface area contributed by atoms with Crippen molar-refractivity contribution in [3.63, 3.8) is 0 Å². The molecule has 83 heavy (non-hydrogen) atoms. The van der Waals surface area contributed by atoms with Crippen LogP contribution in [0.3, 0.4) is 0 Å². The number of carbonyl (C=O) groups is 12. The standard InChI is InChI=1S/C53H90N16O14/c1-6-10-32(72)27-41(73)60-33(13-19-54)48(78)69-43(30(5)71)53(83)65-36(16-22-57)45(75)64-38-18-24-59-52(82)42(29(4)70)68-49(79)37(17-23-58)62-44(74)34(14-20-55)63-50(80)39(25-28(2)3)66-51(81)40(26-31-11-8-7-9-12-31)67-46(76)35(15-21-56)61-47(38)77/h7-9,11-12,28-30,33-40,42-43,70-71H,6,10,13-27,54-58H2,1-5H3,(H,59,82)(H,60,73)(H,61,77)(H,62,74)(H,63,80)(H,64,75)(H,65,83)(H,66,81)(H,67,76)(H,68,79)(H,69,78)/t29-,30-,33+,34+,35+,36+,37+,38+,39+,40-,42+,43+/m1/s1. The third kappa shape index (κ3) is 25.4. The average Bonchev–Trinajstić information content (AvgIpc) is 3.49. The van der Waals surface area contributed by atoms with Crippen molar-refractivity contribution < 1.29 is 67.7 Å². The summed E-state index contributed by atoms with van der Waals surface area (Å²) in [6.07, 6.45) is -4.69. The molecule has 0 saturated carbocycles. The number of ketones is 1. The Hall–Kier alpha value is -7.22. The lowest BCUT2D eigenvalue weighted by molar-refractivity contribution is -0.137. The predicted octanol–water partition coefficient (Wildman–Crippen LogP) is -7.09. The molecular formula is C53H90N16O14. The van der Waals surface area contributed by atoms with Gasteiger partial charge in [0.25, 0.3) is 0 Å². The molecule has 1 fully saturated rings. The van der Waals surface area contributed by atoms with Crippen LogP contribution in [0.4, 0.5) is 0 Å². The molecule has 1 heterocycles. The number of aliphatic hydroxyl groups excluding tert-OH is 2. The Labute approximate surface area is 483 Å². The van der Waals surface area contributed by atoms with Crippen LogP contribution in [0.15, 0.2) is 30.3 Å². The Balaban J connectivity index is 2.71. The van der Waals surface area contributed by atoms with Crippen LogP contribution in [0.2, 0.25) is 0 Å². The fourth-order valence-electron chi connectivity index (χ4n) is 8.66. The molecule has 1 aliphatic heterocycles. The predicted molar refractivity (Wildman–Crippen MR) is 303 cm³/mol. The lowest BCUT2D eigenvalue weighted by Gasteiger charge is -2.29. The summed E-state index contributed by atoms with van der Waals surface area (Å²) >= 11 is 0. The van der Waals surface area contributed by atoms with E-state index in [4.69, 9.17) is 28.7 Å². The normalized spacial score (nSPS) is 22.7. The van der Waals surface area contributed by atoms with E-state index in [1.165, 1.54) is 6.92 Å². The van der Waals surface area contributed by atoms with Crippen molar-refractivity contribution in [2.24, 2.45) is 34.6 Å². The van der Waals surface area contributed by atoms with Gasteiger partial charge in [-0.05, 0) is 109 Å². The van der Waals surface area contributed by atoms with E-state index in [0.29, 0.717) is 12.0 Å². The molecule has 12 atom stereocenters. The molecule has 30 nitrogen and oxygen atoms in total. The van der Waals surface area contributed by atoms with E-state index < -0.39 is 157 Å². The molecule has 0 bridgehead atoms. The van der Waals surface area contributed by atoms with Crippen molar-refractivity contribution in [2.45, 2.75) is 178 Å². The summed E-state index contributed by atoms with van der Waals surface area (Å²) < 4.78 is 0. The molecule has 1 aliphatic rings. The number of hydrogen-bond donors (Lipinski definition) is 18. The van der Waals surface area contributed by atoms with Gasteiger partial charge < -0.3 is 97.4 Å². The lowest BCUT2D eigenvalue weighted by Crippen LogP contribution is -2.62. The lowest BCUT2D eigenvalue weighted by atomic mass is 10.00. The van der Waals surface area contributed by atoms with Gasteiger partial charge in [-0.15, -0.1) is 0 Å². The van der Waals surface area contributed by atoms with E-state index in [1.54, 1.807) is 51.1 Å². The minimum atomic E-state index is -1.77. The quantitative estimate of drug-likeness (QED) is 0.0364. The maximum atomic E-state index is 14.5. The van der Waals surface area contributed by atoms with Gasteiger partial charge in [0.15, 0.2) is 0 Å². The summed E-state index contributed by atoms with van der Waals surface area (Å²) in [7, 11) is 0. The van der Waals surface area contributed by atoms with E-state index in [9.17, 15) is 67.7 Å². The fraction of sp³-hybridized carbons (Fsp3) is 0.660. The van der Waals surface area contributed by atoms with Crippen LogP contribution >= 0.6 is 0 Å². The minimum absolute atomic E-state index is 0.0364. The number of benzene rings is 1. The number of amides is 11. The topological polar surface area (TPSA) is 508 Å². The summed E-state index contributed by atoms with van der Waals surface area (Å²) in [4.78, 5) is 165. The number of aliphatic hydroxyl groups is 2. The fourth-order valence-corrected chi connectivity index (χ4v) is 8.66. The zero-order valence-electron chi connectivity index (χ0n) is 48.1. The monoisotopic (exact) mass is 1170 g/mol. The number of hydrogen-bond acceptors (Lipinski definition) is 19. The molecule has 1 aromatic rings. The first kappa shape index (κ1) is 71.9. The summed E-state index contributed by atoms with van der Waals surface area (Å²) in [5.74, 6) is -11.0. The molecule has 2 rings (SSSR count). The third-order valence-corrected chi connectivity index (χ3v) is 13.1. The summed E-state index contributed by atoms with van der Waals surface area (Å²) in [6, 6.07) is -6.64. The van der Waals surface area contributed by atoms with Gasteiger partial charge in [-0.2, -0.15) is 0 Å². The molecule has 1 saturated heterocycles. The second-order valence-electron chi connectivity index (χ2n) is 20.8. The molecule has 11 amide bonds. The Bertz CT molecular complexity index is 2330. The molecule has 0 spiro atoms. The molecule has 0 radical (unpaired) electrons. The van der Waals surface area contributed by atoms with Crippen LogP contribution in [0, 0.1) is 5.92 Å². The summed E-state index contributed by atoms with van der Waals surface area (Å²) in [5.41, 5.74) is 29.8. The Kier molecular flexibility index (Phi) is 32.7. The second-order valence-corrected chi connectivity index (χ2v) is 20.8. The highest BCUT2D eigenvalue weighted by atomic mass is 16.3. The third-order valence-electron chi connectivity index (χ3n) is 13.1. The first-order valence-electron chi connectivity index (χ1n) is 28.1. The van der Waals surface area contributed by atoms with Crippen molar-refractivity contribution >= 4 is 70.8 Å². The first-order valence-corrected chi connectivity index (χ1v) is 28.1. The molecule has 0 aromatic heterocycles. The molecule has 1 aromatic carbocycles. The minimum Gasteiger partial charge on any atom is -0.391 e. The van der Waals surface area contributed by atoms with Crippen molar-refractivity contribution in [1.29, 1.82) is 0 Å². The number of nitrogens with two attached hydrogens (primary N) is 5. The van der Waals surface area contributed by atoms with Crippen molar-refractivity contribution in [3.05, 3.63) is 35.9 Å². The summed E-state index contributed by atoms with van der Waals surface area (Å²) in [5, 5.41) is 49.0. The Morgan fingerprint density at radius 1 is 0.578 bits per heavy atom. The zero-order chi connectivity index (χ0) is 62.3. The summed E-state index contributed by atoms with van der Waals surface area (Å²) in [6.45, 7) is 6.31. The van der Waals surface area contributed by atoms with Gasteiger partial charge in [0, 0.05) is 19.4 Å². The van der Waals surface area contributed by atoms with Gasteiger partial charge in [0.05, 0.1) is 18.6 Å². The first-order chi connectivity index (χ1) is 39.3. The molecule has 466 valence electrons. The van der Waals surface area contributed by atoms with E-state index in [1.807, 2.05) is 0 Å².